The first-order chi connectivity index (χ1) is 10.5. The highest BCUT2D eigenvalue weighted by atomic mass is 35.5. The predicted molar refractivity (Wildman–Crippen MR) is 92.5 cm³/mol. The molecule has 1 aromatic carbocycles. The SMILES string of the molecule is CCN(CC)S(=O)(=O)c1ccc(C(=O)NC2CCNC2)cc1.Cl. The maximum Gasteiger partial charge on any atom is 0.251 e. The number of carbonyl (C=O) groups is 1. The number of nitrogens with one attached hydrogen (secondary N) is 2. The molecule has 0 aromatic heterocycles. The maximum atomic E-state index is 12.4. The quantitative estimate of drug-likeness (QED) is 0.798. The van der Waals surface area contributed by atoms with Crippen LogP contribution in [0.15, 0.2) is 29.2 Å². The Hall–Kier alpha value is -1.15. The largest absolute Gasteiger partial charge is 0.348 e. The molecule has 1 saturated heterocycles. The van der Waals surface area contributed by atoms with Gasteiger partial charge in [0.15, 0.2) is 0 Å². The van der Waals surface area contributed by atoms with Crippen molar-refractivity contribution in [2.75, 3.05) is 26.2 Å². The molecule has 1 aromatic rings. The lowest BCUT2D eigenvalue weighted by Crippen LogP contribution is -2.36. The fourth-order valence-corrected chi connectivity index (χ4v) is 4.00. The van der Waals surface area contributed by atoms with E-state index in [4.69, 9.17) is 0 Å². The molecule has 1 aliphatic heterocycles. The van der Waals surface area contributed by atoms with E-state index in [1.165, 1.54) is 16.4 Å². The minimum Gasteiger partial charge on any atom is -0.348 e. The molecule has 1 heterocycles. The molecule has 1 unspecified atom stereocenters. The van der Waals surface area contributed by atoms with Crippen LogP contribution in [0.2, 0.25) is 0 Å². The molecule has 0 spiro atoms. The molecule has 1 fully saturated rings. The second-order valence-corrected chi connectivity index (χ2v) is 7.21. The molecular formula is C15H24ClN3O3S. The van der Waals surface area contributed by atoms with Gasteiger partial charge in [0.1, 0.15) is 0 Å². The topological polar surface area (TPSA) is 78.5 Å². The molecule has 1 atom stereocenters. The van der Waals surface area contributed by atoms with Gasteiger partial charge in [0.25, 0.3) is 5.91 Å². The van der Waals surface area contributed by atoms with Gasteiger partial charge in [-0.2, -0.15) is 4.31 Å². The summed E-state index contributed by atoms with van der Waals surface area (Å²) >= 11 is 0. The third kappa shape index (κ3) is 4.67. The molecule has 0 aliphatic carbocycles. The van der Waals surface area contributed by atoms with Gasteiger partial charge in [-0.25, -0.2) is 8.42 Å². The Balaban J connectivity index is 0.00000264. The second-order valence-electron chi connectivity index (χ2n) is 5.28. The van der Waals surface area contributed by atoms with Crippen molar-refractivity contribution in [3.63, 3.8) is 0 Å². The first-order valence-corrected chi connectivity index (χ1v) is 9.04. The van der Waals surface area contributed by atoms with Crippen molar-refractivity contribution in [2.24, 2.45) is 0 Å². The number of hydrogen-bond acceptors (Lipinski definition) is 4. The third-order valence-corrected chi connectivity index (χ3v) is 5.92. The van der Waals surface area contributed by atoms with E-state index in [1.54, 1.807) is 26.0 Å². The Labute approximate surface area is 144 Å². The number of halogens is 1. The molecule has 2 N–H and O–H groups in total. The van der Waals surface area contributed by atoms with Gasteiger partial charge in [-0.15, -0.1) is 12.4 Å². The average molecular weight is 362 g/mol. The summed E-state index contributed by atoms with van der Waals surface area (Å²) < 4.78 is 26.1. The summed E-state index contributed by atoms with van der Waals surface area (Å²) in [6.45, 7) is 6.15. The van der Waals surface area contributed by atoms with E-state index < -0.39 is 10.0 Å². The fraction of sp³-hybridized carbons (Fsp3) is 0.533. The van der Waals surface area contributed by atoms with Crippen LogP contribution >= 0.6 is 12.4 Å². The average Bonchev–Trinajstić information content (AvgIpc) is 3.01. The number of benzene rings is 1. The van der Waals surface area contributed by atoms with E-state index in [1.807, 2.05) is 0 Å². The zero-order valence-corrected chi connectivity index (χ0v) is 15.0. The van der Waals surface area contributed by atoms with Crippen molar-refractivity contribution in [2.45, 2.75) is 31.2 Å². The van der Waals surface area contributed by atoms with Gasteiger partial charge in [0, 0.05) is 31.2 Å². The van der Waals surface area contributed by atoms with E-state index in [0.717, 1.165) is 19.5 Å². The minimum atomic E-state index is -3.47. The summed E-state index contributed by atoms with van der Waals surface area (Å²) in [5, 5.41) is 6.12. The Kier molecular flexibility index (Phi) is 7.47. The monoisotopic (exact) mass is 361 g/mol. The summed E-state index contributed by atoms with van der Waals surface area (Å²) in [6, 6.07) is 6.26. The molecule has 23 heavy (non-hydrogen) atoms. The number of amides is 1. The molecule has 1 amide bonds. The van der Waals surface area contributed by atoms with E-state index >= 15 is 0 Å². The van der Waals surface area contributed by atoms with Gasteiger partial charge in [0.2, 0.25) is 10.0 Å². The Morgan fingerprint density at radius 3 is 2.35 bits per heavy atom. The maximum absolute atomic E-state index is 12.4. The Morgan fingerprint density at radius 2 is 1.87 bits per heavy atom. The van der Waals surface area contributed by atoms with Crippen molar-refractivity contribution in [3.05, 3.63) is 29.8 Å². The highest BCUT2D eigenvalue weighted by molar-refractivity contribution is 7.89. The molecule has 6 nitrogen and oxygen atoms in total. The molecule has 0 radical (unpaired) electrons. The second kappa shape index (κ2) is 8.63. The van der Waals surface area contributed by atoms with Gasteiger partial charge in [0.05, 0.1) is 4.90 Å². The lowest BCUT2D eigenvalue weighted by molar-refractivity contribution is 0.0940. The summed E-state index contributed by atoms with van der Waals surface area (Å²) in [5.74, 6) is -0.166. The van der Waals surface area contributed by atoms with Crippen LogP contribution in [0.25, 0.3) is 0 Å². The van der Waals surface area contributed by atoms with Crippen molar-refractivity contribution in [3.8, 4) is 0 Å². The molecule has 8 heteroatoms. The van der Waals surface area contributed by atoms with E-state index in [-0.39, 0.29) is 29.3 Å². The molecule has 2 rings (SSSR count). The summed E-state index contributed by atoms with van der Waals surface area (Å²) in [7, 11) is -3.47. The van der Waals surface area contributed by atoms with Gasteiger partial charge >= 0.3 is 0 Å². The van der Waals surface area contributed by atoms with Crippen molar-refractivity contribution >= 4 is 28.3 Å². The van der Waals surface area contributed by atoms with Gasteiger partial charge in [-0.3, -0.25) is 4.79 Å². The predicted octanol–water partition coefficient (Wildman–Crippen LogP) is 1.23. The van der Waals surface area contributed by atoms with Crippen LogP contribution in [0.5, 0.6) is 0 Å². The van der Waals surface area contributed by atoms with Crippen molar-refractivity contribution in [1.82, 2.24) is 14.9 Å². The van der Waals surface area contributed by atoms with Crippen molar-refractivity contribution < 1.29 is 13.2 Å². The number of rotatable bonds is 6. The van der Waals surface area contributed by atoms with Crippen LogP contribution in [0, 0.1) is 0 Å². The molecule has 130 valence electrons. The zero-order chi connectivity index (χ0) is 16.2. The number of sulfonamides is 1. The normalized spacial score (nSPS) is 17.8. The smallest absolute Gasteiger partial charge is 0.251 e. The van der Waals surface area contributed by atoms with Crippen LogP contribution in [0.3, 0.4) is 0 Å². The zero-order valence-electron chi connectivity index (χ0n) is 13.4. The summed E-state index contributed by atoms with van der Waals surface area (Å²) in [4.78, 5) is 12.3. The van der Waals surface area contributed by atoms with E-state index in [9.17, 15) is 13.2 Å². The first-order valence-electron chi connectivity index (χ1n) is 7.60. The van der Waals surface area contributed by atoms with E-state index in [2.05, 4.69) is 10.6 Å². The molecule has 0 saturated carbocycles. The third-order valence-electron chi connectivity index (χ3n) is 3.86. The van der Waals surface area contributed by atoms with Gasteiger partial charge in [-0.1, -0.05) is 13.8 Å². The standard InChI is InChI=1S/C15H23N3O3S.ClH/c1-3-18(4-2)22(20,21)14-7-5-12(6-8-14)15(19)17-13-9-10-16-11-13;/h5-8,13,16H,3-4,9-11H2,1-2H3,(H,17,19);1H. The number of carbonyl (C=O) groups excluding carboxylic acids is 1. The summed E-state index contributed by atoms with van der Waals surface area (Å²) in [5.41, 5.74) is 0.477. The molecule has 0 bridgehead atoms. The summed E-state index contributed by atoms with van der Waals surface area (Å²) in [6.07, 6.45) is 0.917. The Morgan fingerprint density at radius 1 is 1.26 bits per heavy atom. The highest BCUT2D eigenvalue weighted by Gasteiger charge is 2.22. The lowest BCUT2D eigenvalue weighted by atomic mass is 10.2. The Bertz CT molecular complexity index is 609. The van der Waals surface area contributed by atoms with Gasteiger partial charge < -0.3 is 10.6 Å². The van der Waals surface area contributed by atoms with Gasteiger partial charge in [-0.05, 0) is 37.2 Å². The molecular weight excluding hydrogens is 338 g/mol. The van der Waals surface area contributed by atoms with Crippen molar-refractivity contribution in [1.29, 1.82) is 0 Å². The minimum absolute atomic E-state index is 0. The highest BCUT2D eigenvalue weighted by Crippen LogP contribution is 2.16. The van der Waals surface area contributed by atoms with Crippen LogP contribution in [-0.4, -0.2) is 50.9 Å². The number of nitrogens with zero attached hydrogens (tertiary/aromatic N) is 1. The van der Waals surface area contributed by atoms with Crippen LogP contribution < -0.4 is 10.6 Å². The van der Waals surface area contributed by atoms with Crippen LogP contribution in [0.4, 0.5) is 0 Å². The molecule has 1 aliphatic rings. The van der Waals surface area contributed by atoms with E-state index in [0.29, 0.717) is 18.7 Å². The first kappa shape index (κ1) is 19.9. The lowest BCUT2D eigenvalue weighted by Gasteiger charge is -2.18. The van der Waals surface area contributed by atoms with Crippen LogP contribution in [0.1, 0.15) is 30.6 Å². The number of hydrogen-bond donors (Lipinski definition) is 2. The van der Waals surface area contributed by atoms with Crippen LogP contribution in [-0.2, 0) is 10.0 Å². The fourth-order valence-electron chi connectivity index (χ4n) is 2.54.